The van der Waals surface area contributed by atoms with E-state index in [-0.39, 0.29) is 11.8 Å². The molecule has 0 aliphatic heterocycles. The largest absolute Gasteiger partial charge is 0.334 e. The number of amides is 2. The molecule has 0 saturated heterocycles. The molecule has 1 aromatic heterocycles. The lowest BCUT2D eigenvalue weighted by molar-refractivity contribution is 0.251. The van der Waals surface area contributed by atoms with E-state index in [2.05, 4.69) is 26.2 Å². The first kappa shape index (κ1) is 14.6. The molecular formula is C15H13FN6O. The van der Waals surface area contributed by atoms with Crippen molar-refractivity contribution in [3.8, 4) is 5.69 Å². The molecule has 0 aliphatic rings. The molecule has 0 spiro atoms. The zero-order chi connectivity index (χ0) is 16.1. The maximum Gasteiger partial charge on any atom is 0.319 e. The number of carbonyl (C=O) groups excluding carboxylic acids is 1. The lowest BCUT2D eigenvalue weighted by Crippen LogP contribution is -2.28. The quantitative estimate of drug-likeness (QED) is 0.773. The maximum absolute atomic E-state index is 12.8. The normalized spacial score (nSPS) is 10.3. The van der Waals surface area contributed by atoms with E-state index in [4.69, 9.17) is 0 Å². The van der Waals surface area contributed by atoms with Crippen molar-refractivity contribution in [3.63, 3.8) is 0 Å². The first-order valence-electron chi connectivity index (χ1n) is 6.83. The van der Waals surface area contributed by atoms with Crippen LogP contribution in [0.2, 0.25) is 0 Å². The molecule has 23 heavy (non-hydrogen) atoms. The van der Waals surface area contributed by atoms with E-state index in [9.17, 15) is 9.18 Å². The molecule has 3 rings (SSSR count). The zero-order valence-corrected chi connectivity index (χ0v) is 12.0. The number of halogens is 1. The predicted molar refractivity (Wildman–Crippen MR) is 81.4 cm³/mol. The van der Waals surface area contributed by atoms with Crippen LogP contribution in [0, 0.1) is 5.82 Å². The van der Waals surface area contributed by atoms with E-state index >= 15 is 0 Å². The number of aromatic nitrogens is 4. The number of carbonyl (C=O) groups is 1. The highest BCUT2D eigenvalue weighted by molar-refractivity contribution is 5.89. The highest BCUT2D eigenvalue weighted by Crippen LogP contribution is 2.11. The molecule has 8 heteroatoms. The summed E-state index contributed by atoms with van der Waals surface area (Å²) in [6.45, 7) is 0.314. The SMILES string of the molecule is O=C(NCc1ccc(F)cc1)Nc1ccc(-n2cnnn2)cc1. The van der Waals surface area contributed by atoms with Gasteiger partial charge in [0.05, 0.1) is 5.69 Å². The zero-order valence-electron chi connectivity index (χ0n) is 12.0. The van der Waals surface area contributed by atoms with Gasteiger partial charge in [-0.15, -0.1) is 5.10 Å². The molecule has 1 heterocycles. The number of nitrogens with one attached hydrogen (secondary N) is 2. The van der Waals surface area contributed by atoms with Gasteiger partial charge >= 0.3 is 6.03 Å². The van der Waals surface area contributed by atoms with Crippen molar-refractivity contribution < 1.29 is 9.18 Å². The molecule has 2 aromatic carbocycles. The number of benzene rings is 2. The van der Waals surface area contributed by atoms with E-state index in [1.165, 1.54) is 23.1 Å². The summed E-state index contributed by atoms with van der Waals surface area (Å²) >= 11 is 0. The highest BCUT2D eigenvalue weighted by Gasteiger charge is 2.03. The van der Waals surface area contributed by atoms with Gasteiger partial charge in [-0.25, -0.2) is 13.9 Å². The molecule has 3 aromatic rings. The molecule has 2 amide bonds. The average Bonchev–Trinajstić information content (AvgIpc) is 3.09. The Morgan fingerprint density at radius 3 is 2.48 bits per heavy atom. The fraction of sp³-hybridized carbons (Fsp3) is 0.0667. The van der Waals surface area contributed by atoms with Crippen LogP contribution in [0.3, 0.4) is 0 Å². The summed E-state index contributed by atoms with van der Waals surface area (Å²) in [4.78, 5) is 11.8. The number of anilines is 1. The summed E-state index contributed by atoms with van der Waals surface area (Å²) in [6, 6.07) is 12.7. The first-order valence-corrected chi connectivity index (χ1v) is 6.83. The summed E-state index contributed by atoms with van der Waals surface area (Å²) < 4.78 is 14.3. The van der Waals surface area contributed by atoms with E-state index in [0.29, 0.717) is 12.2 Å². The number of hydrogen-bond acceptors (Lipinski definition) is 4. The number of tetrazole rings is 1. The van der Waals surface area contributed by atoms with Gasteiger partial charge in [-0.05, 0) is 52.4 Å². The molecule has 0 atom stereocenters. The summed E-state index contributed by atoms with van der Waals surface area (Å²) in [6.07, 6.45) is 1.48. The Hall–Kier alpha value is -3.29. The van der Waals surface area contributed by atoms with Crippen LogP contribution in [0.5, 0.6) is 0 Å². The van der Waals surface area contributed by atoms with Crippen LogP contribution in [0.25, 0.3) is 5.69 Å². The Morgan fingerprint density at radius 1 is 1.09 bits per heavy atom. The number of nitrogens with zero attached hydrogens (tertiary/aromatic N) is 4. The van der Waals surface area contributed by atoms with Crippen molar-refractivity contribution in [1.29, 1.82) is 0 Å². The summed E-state index contributed by atoms with van der Waals surface area (Å²) in [7, 11) is 0. The van der Waals surface area contributed by atoms with Crippen LogP contribution < -0.4 is 10.6 Å². The Kier molecular flexibility index (Phi) is 4.23. The van der Waals surface area contributed by atoms with Crippen LogP contribution >= 0.6 is 0 Å². The molecular weight excluding hydrogens is 299 g/mol. The average molecular weight is 312 g/mol. The fourth-order valence-electron chi connectivity index (χ4n) is 1.94. The molecule has 0 unspecified atom stereocenters. The van der Waals surface area contributed by atoms with Gasteiger partial charge in [-0.1, -0.05) is 12.1 Å². The van der Waals surface area contributed by atoms with Crippen molar-refractivity contribution in [2.45, 2.75) is 6.54 Å². The number of urea groups is 1. The molecule has 0 fully saturated rings. The van der Waals surface area contributed by atoms with E-state index < -0.39 is 0 Å². The minimum Gasteiger partial charge on any atom is -0.334 e. The van der Waals surface area contributed by atoms with Crippen LogP contribution in [-0.2, 0) is 6.54 Å². The molecule has 2 N–H and O–H groups in total. The summed E-state index contributed by atoms with van der Waals surface area (Å²) in [5.41, 5.74) is 2.24. The standard InChI is InChI=1S/C15H13FN6O/c16-12-3-1-11(2-4-12)9-17-15(23)19-13-5-7-14(8-6-13)22-10-18-20-21-22/h1-8,10H,9H2,(H2,17,19,23). The molecule has 0 radical (unpaired) electrons. The number of hydrogen-bond donors (Lipinski definition) is 2. The molecule has 7 nitrogen and oxygen atoms in total. The minimum atomic E-state index is -0.343. The van der Waals surface area contributed by atoms with Crippen LogP contribution in [-0.4, -0.2) is 26.2 Å². The van der Waals surface area contributed by atoms with Crippen LogP contribution in [0.1, 0.15) is 5.56 Å². The highest BCUT2D eigenvalue weighted by atomic mass is 19.1. The Labute approximate surface area is 131 Å². The Balaban J connectivity index is 1.54. The van der Waals surface area contributed by atoms with Gasteiger partial charge in [0.2, 0.25) is 0 Å². The van der Waals surface area contributed by atoms with Gasteiger partial charge in [-0.2, -0.15) is 0 Å². The second-order valence-corrected chi connectivity index (χ2v) is 4.74. The Morgan fingerprint density at radius 2 is 1.83 bits per heavy atom. The van der Waals surface area contributed by atoms with Crippen LogP contribution in [0.4, 0.5) is 14.9 Å². The minimum absolute atomic E-state index is 0.305. The van der Waals surface area contributed by atoms with Gasteiger partial charge in [-0.3, -0.25) is 0 Å². The lowest BCUT2D eigenvalue weighted by atomic mass is 10.2. The predicted octanol–water partition coefficient (Wildman–Crippen LogP) is 2.12. The molecule has 0 bridgehead atoms. The second-order valence-electron chi connectivity index (χ2n) is 4.74. The number of rotatable bonds is 4. The van der Waals surface area contributed by atoms with Gasteiger partial charge < -0.3 is 10.6 Å². The van der Waals surface area contributed by atoms with Crippen LogP contribution in [0.15, 0.2) is 54.9 Å². The molecule has 0 saturated carbocycles. The second kappa shape index (κ2) is 6.65. The third-order valence-corrected chi connectivity index (χ3v) is 3.11. The van der Waals surface area contributed by atoms with E-state index in [0.717, 1.165) is 11.3 Å². The van der Waals surface area contributed by atoms with Crippen molar-refractivity contribution in [2.24, 2.45) is 0 Å². The van der Waals surface area contributed by atoms with Gasteiger partial charge in [0, 0.05) is 12.2 Å². The van der Waals surface area contributed by atoms with Gasteiger partial charge in [0.1, 0.15) is 12.1 Å². The summed E-state index contributed by atoms with van der Waals surface area (Å²) in [5, 5.41) is 16.3. The maximum atomic E-state index is 12.8. The van der Waals surface area contributed by atoms with E-state index in [1.807, 2.05) is 0 Å². The van der Waals surface area contributed by atoms with E-state index in [1.54, 1.807) is 36.4 Å². The molecule has 0 aliphatic carbocycles. The monoisotopic (exact) mass is 312 g/mol. The van der Waals surface area contributed by atoms with Crippen molar-refractivity contribution >= 4 is 11.7 Å². The van der Waals surface area contributed by atoms with Crippen molar-refractivity contribution in [2.75, 3.05) is 5.32 Å². The fourth-order valence-corrected chi connectivity index (χ4v) is 1.94. The van der Waals surface area contributed by atoms with Gasteiger partial charge in [0.15, 0.2) is 0 Å². The molecule has 116 valence electrons. The van der Waals surface area contributed by atoms with Crippen molar-refractivity contribution in [1.82, 2.24) is 25.5 Å². The topological polar surface area (TPSA) is 84.7 Å². The third kappa shape index (κ3) is 3.88. The smallest absolute Gasteiger partial charge is 0.319 e. The third-order valence-electron chi connectivity index (χ3n) is 3.11. The summed E-state index contributed by atoms with van der Waals surface area (Å²) in [5.74, 6) is -0.305. The lowest BCUT2D eigenvalue weighted by Gasteiger charge is -2.08. The first-order chi connectivity index (χ1) is 11.2. The Bertz CT molecular complexity index is 771. The van der Waals surface area contributed by atoms with Gasteiger partial charge in [0.25, 0.3) is 0 Å². The van der Waals surface area contributed by atoms with Crippen molar-refractivity contribution in [3.05, 3.63) is 66.2 Å².